The number of aromatic nitrogens is 1. The third kappa shape index (κ3) is 4.29. The van der Waals surface area contributed by atoms with Gasteiger partial charge in [-0.25, -0.2) is 0 Å². The van der Waals surface area contributed by atoms with Crippen LogP contribution in [-0.4, -0.2) is 4.98 Å². The molecule has 0 saturated heterocycles. The molecule has 7 aromatic carbocycles. The average Bonchev–Trinajstić information content (AvgIpc) is 3.07. The van der Waals surface area contributed by atoms with Crippen LogP contribution in [0.2, 0.25) is 0 Å². The van der Waals surface area contributed by atoms with Gasteiger partial charge in [-0.3, -0.25) is 4.98 Å². The van der Waals surface area contributed by atoms with Gasteiger partial charge in [-0.05, 0) is 84.3 Å². The highest BCUT2D eigenvalue weighted by Gasteiger charge is 2.18. The summed E-state index contributed by atoms with van der Waals surface area (Å²) in [6, 6.07) is 55.1. The molecule has 0 bridgehead atoms. The third-order valence-electron chi connectivity index (χ3n) is 8.63. The summed E-state index contributed by atoms with van der Waals surface area (Å²) in [5.41, 5.74) is 10.9. The summed E-state index contributed by atoms with van der Waals surface area (Å²) in [5, 5.41) is 7.59. The molecule has 0 atom stereocenters. The standard InChI is InChI=1S/C42H29N/c1-28-21-22-32(27-43-28)29-23-25-31(26-24-29)41-37-13-5-7-15-39(37)42(40-16-8-6-14-38(40)41)36-20-10-18-34-33(17-9-19-35(34)36)30-11-3-2-4-12-30/h2-27H,1H3. The van der Waals surface area contributed by atoms with Crippen molar-refractivity contribution in [3.63, 3.8) is 0 Å². The largest absolute Gasteiger partial charge is 0.261 e. The molecule has 1 heterocycles. The van der Waals surface area contributed by atoms with Gasteiger partial charge in [0.15, 0.2) is 0 Å². The van der Waals surface area contributed by atoms with Crippen LogP contribution in [0.25, 0.3) is 76.8 Å². The van der Waals surface area contributed by atoms with Gasteiger partial charge in [0.2, 0.25) is 0 Å². The van der Waals surface area contributed by atoms with E-state index in [0.717, 1.165) is 11.3 Å². The minimum Gasteiger partial charge on any atom is -0.261 e. The van der Waals surface area contributed by atoms with Crippen molar-refractivity contribution in [1.82, 2.24) is 4.98 Å². The van der Waals surface area contributed by atoms with E-state index in [2.05, 4.69) is 157 Å². The molecule has 202 valence electrons. The van der Waals surface area contributed by atoms with Gasteiger partial charge >= 0.3 is 0 Å². The fourth-order valence-electron chi connectivity index (χ4n) is 6.59. The molecule has 8 rings (SSSR count). The Kier molecular flexibility index (Phi) is 6.09. The second-order valence-electron chi connectivity index (χ2n) is 11.2. The minimum absolute atomic E-state index is 1.03. The van der Waals surface area contributed by atoms with Crippen LogP contribution in [0.3, 0.4) is 0 Å². The van der Waals surface area contributed by atoms with Crippen molar-refractivity contribution in [3.8, 4) is 44.5 Å². The van der Waals surface area contributed by atoms with Crippen molar-refractivity contribution in [1.29, 1.82) is 0 Å². The van der Waals surface area contributed by atoms with Crippen LogP contribution < -0.4 is 0 Å². The zero-order chi connectivity index (χ0) is 28.8. The lowest BCUT2D eigenvalue weighted by atomic mass is 9.84. The van der Waals surface area contributed by atoms with Gasteiger partial charge in [-0.15, -0.1) is 0 Å². The van der Waals surface area contributed by atoms with Crippen molar-refractivity contribution in [3.05, 3.63) is 164 Å². The first-order valence-corrected chi connectivity index (χ1v) is 14.8. The maximum Gasteiger partial charge on any atom is 0.0373 e. The van der Waals surface area contributed by atoms with Crippen molar-refractivity contribution in [2.45, 2.75) is 6.92 Å². The zero-order valence-corrected chi connectivity index (χ0v) is 24.0. The van der Waals surface area contributed by atoms with E-state index in [1.807, 2.05) is 13.1 Å². The molecule has 1 heteroatoms. The Morgan fingerprint density at radius 1 is 0.326 bits per heavy atom. The lowest BCUT2D eigenvalue weighted by Gasteiger charge is -2.19. The number of hydrogen-bond acceptors (Lipinski definition) is 1. The van der Waals surface area contributed by atoms with Crippen molar-refractivity contribution in [2.75, 3.05) is 0 Å². The number of benzene rings is 7. The average molecular weight is 548 g/mol. The van der Waals surface area contributed by atoms with E-state index in [1.54, 1.807) is 0 Å². The third-order valence-corrected chi connectivity index (χ3v) is 8.63. The predicted octanol–water partition coefficient (Wildman–Crippen LogP) is 11.5. The van der Waals surface area contributed by atoms with Crippen LogP contribution in [0.1, 0.15) is 5.69 Å². The number of fused-ring (bicyclic) bond motifs is 3. The normalized spacial score (nSPS) is 11.4. The SMILES string of the molecule is Cc1ccc(-c2ccc(-c3c4ccccc4c(-c4cccc5c(-c6ccccc6)cccc45)c4ccccc34)cc2)cn1. The zero-order valence-electron chi connectivity index (χ0n) is 24.0. The molecule has 0 aliphatic carbocycles. The van der Waals surface area contributed by atoms with E-state index >= 15 is 0 Å². The lowest BCUT2D eigenvalue weighted by molar-refractivity contribution is 1.20. The molecular weight excluding hydrogens is 518 g/mol. The van der Waals surface area contributed by atoms with Crippen LogP contribution in [0, 0.1) is 6.92 Å². The summed E-state index contributed by atoms with van der Waals surface area (Å²) < 4.78 is 0. The number of hydrogen-bond donors (Lipinski definition) is 0. The van der Waals surface area contributed by atoms with E-state index in [-0.39, 0.29) is 0 Å². The van der Waals surface area contributed by atoms with Crippen molar-refractivity contribution in [2.24, 2.45) is 0 Å². The molecule has 1 nitrogen and oxygen atoms in total. The van der Waals surface area contributed by atoms with Gasteiger partial charge in [-0.1, -0.05) is 146 Å². The van der Waals surface area contributed by atoms with Crippen molar-refractivity contribution >= 4 is 32.3 Å². The van der Waals surface area contributed by atoms with Gasteiger partial charge in [0.1, 0.15) is 0 Å². The molecule has 0 fully saturated rings. The quantitative estimate of drug-likeness (QED) is 0.200. The monoisotopic (exact) mass is 547 g/mol. The summed E-state index contributed by atoms with van der Waals surface area (Å²) in [4.78, 5) is 4.50. The molecule has 8 aromatic rings. The van der Waals surface area contributed by atoms with Gasteiger partial charge in [0.05, 0.1) is 0 Å². The Morgan fingerprint density at radius 3 is 1.42 bits per heavy atom. The fourth-order valence-corrected chi connectivity index (χ4v) is 6.59. The highest BCUT2D eigenvalue weighted by atomic mass is 14.7. The number of rotatable bonds is 4. The molecule has 0 amide bonds. The summed E-state index contributed by atoms with van der Waals surface area (Å²) >= 11 is 0. The maximum absolute atomic E-state index is 4.50. The van der Waals surface area contributed by atoms with E-state index in [0.29, 0.717) is 0 Å². The van der Waals surface area contributed by atoms with E-state index in [1.165, 1.54) is 71.3 Å². The van der Waals surface area contributed by atoms with E-state index in [9.17, 15) is 0 Å². The summed E-state index contributed by atoms with van der Waals surface area (Å²) in [6.07, 6.45) is 1.96. The molecule has 0 N–H and O–H groups in total. The first-order valence-electron chi connectivity index (χ1n) is 14.8. The summed E-state index contributed by atoms with van der Waals surface area (Å²) in [6.45, 7) is 2.02. The minimum atomic E-state index is 1.03. The van der Waals surface area contributed by atoms with E-state index < -0.39 is 0 Å². The highest BCUT2D eigenvalue weighted by Crippen LogP contribution is 2.46. The summed E-state index contributed by atoms with van der Waals surface area (Å²) in [7, 11) is 0. The summed E-state index contributed by atoms with van der Waals surface area (Å²) in [5.74, 6) is 0. The van der Waals surface area contributed by atoms with Crippen LogP contribution in [0.4, 0.5) is 0 Å². The van der Waals surface area contributed by atoms with Crippen LogP contribution in [0.5, 0.6) is 0 Å². The van der Waals surface area contributed by atoms with Gasteiger partial charge < -0.3 is 0 Å². The Labute approximate surface area is 251 Å². The van der Waals surface area contributed by atoms with Crippen LogP contribution in [-0.2, 0) is 0 Å². The number of nitrogens with zero attached hydrogens (tertiary/aromatic N) is 1. The Bertz CT molecular complexity index is 2200. The maximum atomic E-state index is 4.50. The van der Waals surface area contributed by atoms with Crippen LogP contribution >= 0.6 is 0 Å². The Morgan fingerprint density at radius 2 is 0.814 bits per heavy atom. The van der Waals surface area contributed by atoms with Crippen LogP contribution in [0.15, 0.2) is 158 Å². The van der Waals surface area contributed by atoms with Gasteiger partial charge in [0.25, 0.3) is 0 Å². The predicted molar refractivity (Wildman–Crippen MR) is 183 cm³/mol. The molecule has 0 unspecified atom stereocenters. The Balaban J connectivity index is 1.38. The first-order chi connectivity index (χ1) is 21.3. The fraction of sp³-hybridized carbons (Fsp3) is 0.0238. The van der Waals surface area contributed by atoms with Gasteiger partial charge in [0, 0.05) is 17.5 Å². The van der Waals surface area contributed by atoms with Crippen molar-refractivity contribution < 1.29 is 0 Å². The highest BCUT2D eigenvalue weighted by molar-refractivity contribution is 6.24. The van der Waals surface area contributed by atoms with Gasteiger partial charge in [-0.2, -0.15) is 0 Å². The molecule has 43 heavy (non-hydrogen) atoms. The second-order valence-corrected chi connectivity index (χ2v) is 11.2. The molecule has 0 spiro atoms. The lowest BCUT2D eigenvalue weighted by Crippen LogP contribution is -1.92. The molecular formula is C42H29N. The first kappa shape index (κ1) is 25.2. The number of pyridine rings is 1. The smallest absolute Gasteiger partial charge is 0.0373 e. The van der Waals surface area contributed by atoms with E-state index in [4.69, 9.17) is 0 Å². The Hall–Kier alpha value is -5.53. The molecule has 0 radical (unpaired) electrons. The molecule has 0 aliphatic heterocycles. The number of aryl methyl sites for hydroxylation is 1. The topological polar surface area (TPSA) is 12.9 Å². The molecule has 1 aromatic heterocycles. The molecule has 0 saturated carbocycles. The second kappa shape index (κ2) is 10.4. The molecule has 0 aliphatic rings.